The van der Waals surface area contributed by atoms with Crippen LogP contribution < -0.4 is 4.74 Å². The molecule has 1 N–H and O–H groups in total. The van der Waals surface area contributed by atoms with E-state index < -0.39 is 15.8 Å². The number of aromatic carboxylic acids is 1. The van der Waals surface area contributed by atoms with Crippen LogP contribution in [0, 0.1) is 11.3 Å². The molecule has 0 spiro atoms. The first-order chi connectivity index (χ1) is 8.92. The lowest BCUT2D eigenvalue weighted by atomic mass is 10.2. The molecule has 0 aliphatic rings. The van der Waals surface area contributed by atoms with Gasteiger partial charge in [0.2, 0.25) is 0 Å². The van der Waals surface area contributed by atoms with Gasteiger partial charge >= 0.3 is 5.97 Å². The molecule has 0 aliphatic heterocycles. The summed E-state index contributed by atoms with van der Waals surface area (Å²) in [5.74, 6) is -1.34. The third-order valence-electron chi connectivity index (χ3n) is 2.45. The highest BCUT2D eigenvalue weighted by molar-refractivity contribution is 7.91. The zero-order chi connectivity index (χ0) is 14.5. The fourth-order valence-corrected chi connectivity index (χ4v) is 3.01. The number of rotatable bonds is 6. The normalized spacial score (nSPS) is 10.7. The Bertz CT molecular complexity index is 615. The molecule has 1 aromatic rings. The van der Waals surface area contributed by atoms with Crippen LogP contribution in [0.25, 0.3) is 0 Å². The van der Waals surface area contributed by atoms with Crippen molar-refractivity contribution in [3.8, 4) is 11.8 Å². The molecule has 0 aliphatic carbocycles. The minimum atomic E-state index is -3.67. The first-order valence-corrected chi connectivity index (χ1v) is 7.08. The Hall–Kier alpha value is -2.07. The number of carbonyl (C=O) groups is 1. The second kappa shape index (κ2) is 6.20. The Balaban J connectivity index is 3.19. The zero-order valence-electron chi connectivity index (χ0n) is 10.3. The van der Waals surface area contributed by atoms with Gasteiger partial charge < -0.3 is 9.84 Å². The van der Waals surface area contributed by atoms with Crippen molar-refractivity contribution >= 4 is 15.8 Å². The van der Waals surface area contributed by atoms with Gasteiger partial charge in [-0.3, -0.25) is 0 Å². The van der Waals surface area contributed by atoms with E-state index in [1.807, 2.05) is 6.07 Å². The van der Waals surface area contributed by atoms with Gasteiger partial charge in [-0.05, 0) is 24.6 Å². The molecule has 0 bridgehead atoms. The molecule has 1 aromatic carbocycles. The lowest BCUT2D eigenvalue weighted by molar-refractivity contribution is 0.0696. The summed E-state index contributed by atoms with van der Waals surface area (Å²) in [5.41, 5.74) is -0.125. The Morgan fingerprint density at radius 1 is 1.47 bits per heavy atom. The van der Waals surface area contributed by atoms with Crippen LogP contribution in [0.3, 0.4) is 0 Å². The van der Waals surface area contributed by atoms with Crippen LogP contribution in [0.1, 0.15) is 23.2 Å². The Labute approximate surface area is 111 Å². The van der Waals surface area contributed by atoms with Crippen molar-refractivity contribution in [1.29, 1.82) is 5.26 Å². The molecule has 0 saturated heterocycles. The maximum Gasteiger partial charge on any atom is 0.335 e. The second-order valence-corrected chi connectivity index (χ2v) is 5.83. The Kier molecular flexibility index (Phi) is 4.89. The molecule has 0 radical (unpaired) electrons. The molecule has 0 heterocycles. The zero-order valence-corrected chi connectivity index (χ0v) is 11.1. The minimum absolute atomic E-state index is 0.0990. The molecule has 102 valence electrons. The number of nitriles is 1. The van der Waals surface area contributed by atoms with Crippen LogP contribution >= 0.6 is 0 Å². The number of hydrogen-bond acceptors (Lipinski definition) is 5. The van der Waals surface area contributed by atoms with E-state index in [2.05, 4.69) is 0 Å². The van der Waals surface area contributed by atoms with Gasteiger partial charge in [0, 0.05) is 6.42 Å². The number of benzene rings is 1. The van der Waals surface area contributed by atoms with E-state index in [9.17, 15) is 13.2 Å². The monoisotopic (exact) mass is 283 g/mol. The first-order valence-electron chi connectivity index (χ1n) is 5.43. The summed E-state index contributed by atoms with van der Waals surface area (Å²) in [6.07, 6.45) is 0.319. The van der Waals surface area contributed by atoms with Crippen molar-refractivity contribution in [2.24, 2.45) is 0 Å². The number of methoxy groups -OCH3 is 1. The predicted octanol–water partition coefficient (Wildman–Crippen LogP) is 1.47. The molecule has 0 amide bonds. The van der Waals surface area contributed by atoms with Crippen LogP contribution in [0.4, 0.5) is 0 Å². The molecular formula is C12H13NO5S. The van der Waals surface area contributed by atoms with Crippen LogP contribution in [-0.4, -0.2) is 32.4 Å². The van der Waals surface area contributed by atoms with E-state index in [1.165, 1.54) is 19.2 Å². The standard InChI is InChI=1S/C12H13NO5S/c1-18-10-5-4-9(12(14)15)8-11(10)19(16,17)7-3-2-6-13/h4-5,8H,2-3,7H2,1H3,(H,14,15). The van der Waals surface area contributed by atoms with E-state index in [0.717, 1.165) is 6.07 Å². The predicted molar refractivity (Wildman–Crippen MR) is 66.9 cm³/mol. The van der Waals surface area contributed by atoms with Crippen LogP contribution in [0.15, 0.2) is 23.1 Å². The van der Waals surface area contributed by atoms with E-state index in [1.54, 1.807) is 0 Å². The first kappa shape index (κ1) is 15.0. The molecule has 0 atom stereocenters. The topological polar surface area (TPSA) is 104 Å². The lowest BCUT2D eigenvalue weighted by Crippen LogP contribution is -2.10. The molecule has 7 heteroatoms. The van der Waals surface area contributed by atoms with Gasteiger partial charge in [-0.25, -0.2) is 13.2 Å². The molecule has 19 heavy (non-hydrogen) atoms. The Morgan fingerprint density at radius 3 is 2.68 bits per heavy atom. The molecule has 0 unspecified atom stereocenters. The number of nitrogens with zero attached hydrogens (tertiary/aromatic N) is 1. The van der Waals surface area contributed by atoms with Crippen LogP contribution in [-0.2, 0) is 9.84 Å². The van der Waals surface area contributed by atoms with Crippen LogP contribution in [0.2, 0.25) is 0 Å². The van der Waals surface area contributed by atoms with Crippen molar-refractivity contribution in [1.82, 2.24) is 0 Å². The van der Waals surface area contributed by atoms with E-state index in [0.29, 0.717) is 0 Å². The highest BCUT2D eigenvalue weighted by Gasteiger charge is 2.21. The van der Waals surface area contributed by atoms with Gasteiger partial charge in [-0.2, -0.15) is 5.26 Å². The van der Waals surface area contributed by atoms with Gasteiger partial charge in [0.1, 0.15) is 10.6 Å². The van der Waals surface area contributed by atoms with Crippen molar-refractivity contribution in [3.05, 3.63) is 23.8 Å². The molecule has 6 nitrogen and oxygen atoms in total. The fourth-order valence-electron chi connectivity index (χ4n) is 1.50. The number of carboxylic acids is 1. The van der Waals surface area contributed by atoms with Crippen molar-refractivity contribution in [2.45, 2.75) is 17.7 Å². The third kappa shape index (κ3) is 3.69. The van der Waals surface area contributed by atoms with Gasteiger partial charge in [-0.1, -0.05) is 0 Å². The third-order valence-corrected chi connectivity index (χ3v) is 4.26. The summed E-state index contributed by atoms with van der Waals surface area (Å²) in [6.45, 7) is 0. The molecule has 0 aromatic heterocycles. The van der Waals surface area contributed by atoms with E-state index in [-0.39, 0.29) is 34.8 Å². The van der Waals surface area contributed by atoms with Crippen molar-refractivity contribution in [3.63, 3.8) is 0 Å². The van der Waals surface area contributed by atoms with Crippen molar-refractivity contribution in [2.75, 3.05) is 12.9 Å². The molecule has 0 fully saturated rings. The molecule has 1 rings (SSSR count). The quantitative estimate of drug-likeness (QED) is 0.793. The van der Waals surface area contributed by atoms with Gasteiger partial charge in [0.25, 0.3) is 0 Å². The summed E-state index contributed by atoms with van der Waals surface area (Å²) in [6, 6.07) is 5.51. The van der Waals surface area contributed by atoms with Gasteiger partial charge in [0.05, 0.1) is 24.5 Å². The SMILES string of the molecule is COc1ccc(C(=O)O)cc1S(=O)(=O)CCCC#N. The summed E-state index contributed by atoms with van der Waals surface area (Å²) in [5, 5.41) is 17.3. The number of hydrogen-bond donors (Lipinski definition) is 1. The molecular weight excluding hydrogens is 270 g/mol. The summed E-state index contributed by atoms with van der Waals surface area (Å²) in [4.78, 5) is 10.7. The number of ether oxygens (including phenoxy) is 1. The highest BCUT2D eigenvalue weighted by atomic mass is 32.2. The maximum absolute atomic E-state index is 12.1. The van der Waals surface area contributed by atoms with E-state index in [4.69, 9.17) is 15.1 Å². The highest BCUT2D eigenvalue weighted by Crippen LogP contribution is 2.26. The number of unbranched alkanes of at least 4 members (excludes halogenated alkanes) is 1. The van der Waals surface area contributed by atoms with Crippen LogP contribution in [0.5, 0.6) is 5.75 Å². The Morgan fingerprint density at radius 2 is 2.16 bits per heavy atom. The maximum atomic E-state index is 12.1. The smallest absolute Gasteiger partial charge is 0.335 e. The van der Waals surface area contributed by atoms with Crippen molar-refractivity contribution < 1.29 is 23.1 Å². The lowest BCUT2D eigenvalue weighted by Gasteiger charge is -2.09. The number of carboxylic acid groups (broad SMARTS) is 1. The van der Waals surface area contributed by atoms with Gasteiger partial charge in [0.15, 0.2) is 9.84 Å². The molecule has 0 saturated carbocycles. The summed E-state index contributed by atoms with van der Waals surface area (Å²) < 4.78 is 29.1. The fraction of sp³-hybridized carbons (Fsp3) is 0.333. The average molecular weight is 283 g/mol. The largest absolute Gasteiger partial charge is 0.495 e. The average Bonchev–Trinajstić information content (AvgIpc) is 2.38. The number of sulfone groups is 1. The minimum Gasteiger partial charge on any atom is -0.495 e. The second-order valence-electron chi connectivity index (χ2n) is 3.75. The summed E-state index contributed by atoms with van der Waals surface area (Å²) >= 11 is 0. The van der Waals surface area contributed by atoms with E-state index >= 15 is 0 Å². The summed E-state index contributed by atoms with van der Waals surface area (Å²) in [7, 11) is -2.36. The van der Waals surface area contributed by atoms with Gasteiger partial charge in [-0.15, -0.1) is 0 Å².